The number of nitrogens with zero attached hydrogens (tertiary/aromatic N) is 6. The fourth-order valence-corrected chi connectivity index (χ4v) is 2.77. The molecule has 0 amide bonds. The van der Waals surface area contributed by atoms with Crippen molar-refractivity contribution < 1.29 is 22.2 Å². The zero-order valence-corrected chi connectivity index (χ0v) is 15.7. The van der Waals surface area contributed by atoms with Crippen molar-refractivity contribution >= 4 is 11.4 Å². The van der Waals surface area contributed by atoms with Crippen molar-refractivity contribution in [2.45, 2.75) is 19.3 Å². The summed E-state index contributed by atoms with van der Waals surface area (Å²) in [7, 11) is 1.60. The summed E-state index contributed by atoms with van der Waals surface area (Å²) in [6.07, 6.45) is -2.32. The zero-order valence-electron chi connectivity index (χ0n) is 15.7. The average Bonchev–Trinajstić information content (AvgIpc) is 3.42. The Labute approximate surface area is 170 Å². The lowest BCUT2D eigenvalue weighted by atomic mass is 10.1. The lowest BCUT2D eigenvalue weighted by Crippen LogP contribution is -2.41. The highest BCUT2D eigenvalue weighted by atomic mass is 19.4. The van der Waals surface area contributed by atoms with E-state index < -0.39 is 22.9 Å². The number of hydrogen-bond donors (Lipinski definition) is 1. The highest BCUT2D eigenvalue weighted by molar-refractivity contribution is 5.74. The van der Waals surface area contributed by atoms with Gasteiger partial charge in [0.15, 0.2) is 5.82 Å². The van der Waals surface area contributed by atoms with Crippen molar-refractivity contribution in [2.24, 2.45) is 0 Å². The van der Waals surface area contributed by atoms with Crippen LogP contribution in [0, 0.1) is 0 Å². The van der Waals surface area contributed by atoms with Crippen molar-refractivity contribution in [1.82, 2.24) is 25.3 Å². The average molecular weight is 435 g/mol. The Hall–Kier alpha value is -4.10. The molecule has 3 heterocycles. The number of pyridine rings is 1. The molecule has 0 aliphatic carbocycles. The fourth-order valence-electron chi connectivity index (χ4n) is 2.77. The first-order valence-electron chi connectivity index (χ1n) is 8.64. The first-order valence-corrected chi connectivity index (χ1v) is 8.64. The van der Waals surface area contributed by atoms with E-state index in [1.807, 2.05) is 0 Å². The first kappa shape index (κ1) is 20.2. The molecule has 0 atom stereocenters. The number of rotatable bonds is 7. The third-order valence-electron chi connectivity index (χ3n) is 4.25. The molecule has 0 spiro atoms. The van der Waals surface area contributed by atoms with Gasteiger partial charge in [-0.1, -0.05) is 10.3 Å². The Morgan fingerprint density at radius 2 is 1.94 bits per heavy atom. The van der Waals surface area contributed by atoms with Gasteiger partial charge < -0.3 is 19.3 Å². The summed E-state index contributed by atoms with van der Waals surface area (Å²) in [6.45, 7) is 0.252. The SMILES string of the molecule is CN(Cc1ccc(-c2noc(C(F)(F)F)n2)cn1)c1c(NCc2ncon2)c(=O)c1=O. The van der Waals surface area contributed by atoms with Gasteiger partial charge in [-0.3, -0.25) is 14.6 Å². The molecule has 160 valence electrons. The van der Waals surface area contributed by atoms with Crippen molar-refractivity contribution in [2.75, 3.05) is 17.3 Å². The molecule has 31 heavy (non-hydrogen) atoms. The number of anilines is 2. The number of alkyl halides is 3. The highest BCUT2D eigenvalue weighted by Gasteiger charge is 2.38. The summed E-state index contributed by atoms with van der Waals surface area (Å²) in [5.74, 6) is -1.39. The molecule has 0 aliphatic rings. The van der Waals surface area contributed by atoms with Gasteiger partial charge in [0.05, 0.1) is 18.8 Å². The van der Waals surface area contributed by atoms with E-state index in [1.165, 1.54) is 23.2 Å². The maximum absolute atomic E-state index is 12.6. The van der Waals surface area contributed by atoms with Crippen LogP contribution in [-0.2, 0) is 19.3 Å². The second kappa shape index (κ2) is 7.62. The molecule has 4 aromatic rings. The maximum Gasteiger partial charge on any atom is 0.471 e. The van der Waals surface area contributed by atoms with E-state index in [1.54, 1.807) is 7.05 Å². The lowest BCUT2D eigenvalue weighted by Gasteiger charge is -2.23. The predicted molar refractivity (Wildman–Crippen MR) is 97.6 cm³/mol. The van der Waals surface area contributed by atoms with Crippen molar-refractivity contribution in [3.63, 3.8) is 0 Å². The van der Waals surface area contributed by atoms with E-state index >= 15 is 0 Å². The molecule has 0 radical (unpaired) electrons. The Morgan fingerprint density at radius 1 is 1.13 bits per heavy atom. The second-order valence-corrected chi connectivity index (χ2v) is 6.40. The summed E-state index contributed by atoms with van der Waals surface area (Å²) in [6, 6.07) is 3.01. The monoisotopic (exact) mass is 435 g/mol. The van der Waals surface area contributed by atoms with Crippen molar-refractivity contribution in [3.05, 3.63) is 62.6 Å². The molecule has 0 saturated heterocycles. The summed E-state index contributed by atoms with van der Waals surface area (Å²) >= 11 is 0. The molecule has 3 aromatic heterocycles. The van der Waals surface area contributed by atoms with Crippen molar-refractivity contribution in [1.29, 1.82) is 0 Å². The van der Waals surface area contributed by atoms with Gasteiger partial charge in [-0.05, 0) is 12.1 Å². The summed E-state index contributed by atoms with van der Waals surface area (Å²) in [5, 5.41) is 9.71. The van der Waals surface area contributed by atoms with Crippen LogP contribution in [0.1, 0.15) is 17.4 Å². The number of aromatic nitrogens is 5. The van der Waals surface area contributed by atoms with E-state index in [4.69, 9.17) is 0 Å². The molecule has 0 bridgehead atoms. The zero-order chi connectivity index (χ0) is 22.2. The summed E-state index contributed by atoms with van der Waals surface area (Å²) < 4.78 is 46.5. The first-order chi connectivity index (χ1) is 14.7. The van der Waals surface area contributed by atoms with E-state index in [2.05, 4.69) is 39.6 Å². The van der Waals surface area contributed by atoms with Crippen LogP contribution < -0.4 is 21.1 Å². The molecule has 14 heteroatoms. The minimum atomic E-state index is -4.74. The molecular weight excluding hydrogens is 423 g/mol. The Bertz CT molecular complexity index is 1260. The van der Waals surface area contributed by atoms with Crippen LogP contribution >= 0.6 is 0 Å². The molecule has 0 aliphatic heterocycles. The minimum absolute atomic E-state index is 0.0970. The van der Waals surface area contributed by atoms with Crippen LogP contribution in [0.2, 0.25) is 0 Å². The number of nitrogens with one attached hydrogen (secondary N) is 1. The van der Waals surface area contributed by atoms with Gasteiger partial charge in [-0.15, -0.1) is 0 Å². The highest BCUT2D eigenvalue weighted by Crippen LogP contribution is 2.29. The van der Waals surface area contributed by atoms with Gasteiger partial charge >= 0.3 is 12.1 Å². The third-order valence-corrected chi connectivity index (χ3v) is 4.25. The molecule has 1 aromatic carbocycles. The van der Waals surface area contributed by atoms with Crippen LogP contribution in [0.25, 0.3) is 11.4 Å². The van der Waals surface area contributed by atoms with Gasteiger partial charge in [0, 0.05) is 18.8 Å². The van der Waals surface area contributed by atoms with Crippen molar-refractivity contribution in [3.8, 4) is 11.4 Å². The topological polar surface area (TPSA) is 140 Å². The quantitative estimate of drug-likeness (QED) is 0.421. The van der Waals surface area contributed by atoms with Crippen LogP contribution in [0.5, 0.6) is 0 Å². The lowest BCUT2D eigenvalue weighted by molar-refractivity contribution is -0.159. The van der Waals surface area contributed by atoms with Crippen LogP contribution in [-0.4, -0.2) is 32.3 Å². The molecule has 0 saturated carbocycles. The van der Waals surface area contributed by atoms with E-state index in [-0.39, 0.29) is 35.9 Å². The number of halogens is 3. The molecule has 4 rings (SSSR count). The fraction of sp³-hybridized carbons (Fsp3) is 0.235. The van der Waals surface area contributed by atoms with Crippen LogP contribution in [0.15, 0.2) is 43.4 Å². The molecular formula is C17H12F3N7O4. The second-order valence-electron chi connectivity index (χ2n) is 6.40. The molecule has 11 nitrogen and oxygen atoms in total. The normalized spacial score (nSPS) is 11.7. The Kier molecular flexibility index (Phi) is 4.96. The maximum atomic E-state index is 12.6. The van der Waals surface area contributed by atoms with Gasteiger partial charge in [-0.2, -0.15) is 23.1 Å². The van der Waals surface area contributed by atoms with Gasteiger partial charge in [0.25, 0.3) is 10.9 Å². The van der Waals surface area contributed by atoms with E-state index in [0.717, 1.165) is 6.39 Å². The van der Waals surface area contributed by atoms with E-state index in [9.17, 15) is 22.8 Å². The Morgan fingerprint density at radius 3 is 2.55 bits per heavy atom. The molecule has 0 fully saturated rings. The van der Waals surface area contributed by atoms with Crippen LogP contribution in [0.4, 0.5) is 24.5 Å². The van der Waals surface area contributed by atoms with E-state index in [0.29, 0.717) is 11.5 Å². The minimum Gasteiger partial charge on any atom is -0.373 e. The Balaban J connectivity index is 1.45. The van der Waals surface area contributed by atoms with Crippen LogP contribution in [0.3, 0.4) is 0 Å². The van der Waals surface area contributed by atoms with Gasteiger partial charge in [-0.25, -0.2) is 0 Å². The summed E-state index contributed by atoms with van der Waals surface area (Å²) in [4.78, 5) is 36.7. The smallest absolute Gasteiger partial charge is 0.373 e. The largest absolute Gasteiger partial charge is 0.471 e. The van der Waals surface area contributed by atoms with Gasteiger partial charge in [0.1, 0.15) is 11.4 Å². The number of hydrogen-bond acceptors (Lipinski definition) is 11. The molecule has 0 unspecified atom stereocenters. The third kappa shape index (κ3) is 3.99. The molecule has 1 N–H and O–H groups in total. The summed E-state index contributed by atoms with van der Waals surface area (Å²) in [5.41, 5.74) is -0.301. The standard InChI is InChI=1S/C17H12F3N7O4/c1-27(12-11(13(28)14(12)29)22-5-10-23-7-30-25-10)6-9-3-2-8(4-21-9)15-24-16(31-26-15)17(18,19)20/h2-4,7,22H,5-6H2,1H3. The predicted octanol–water partition coefficient (Wildman–Crippen LogP) is 1.38. The van der Waals surface area contributed by atoms with Gasteiger partial charge in [0.2, 0.25) is 12.2 Å².